The zero-order valence-electron chi connectivity index (χ0n) is 11.1. The molecule has 1 aromatic rings. The van der Waals surface area contributed by atoms with Crippen LogP contribution < -0.4 is 10.0 Å². The van der Waals surface area contributed by atoms with E-state index in [0.29, 0.717) is 0 Å². The number of carboxylic acid groups (broad SMARTS) is 1. The molecule has 0 aromatic heterocycles. The number of amides is 1. The summed E-state index contributed by atoms with van der Waals surface area (Å²) in [4.78, 5) is 22.2. The molecule has 0 aliphatic rings. The van der Waals surface area contributed by atoms with Crippen LogP contribution in [0.15, 0.2) is 24.3 Å². The lowest BCUT2D eigenvalue weighted by atomic mass is 10.2. The summed E-state index contributed by atoms with van der Waals surface area (Å²) in [5.74, 6) is -2.82. The summed E-state index contributed by atoms with van der Waals surface area (Å²) in [7, 11) is -3.98. The molecule has 0 radical (unpaired) electrons. The van der Waals surface area contributed by atoms with Crippen molar-refractivity contribution in [2.45, 2.75) is 19.9 Å². The Bertz CT molecular complexity index is 610. The highest BCUT2D eigenvalue weighted by molar-refractivity contribution is 7.93. The lowest BCUT2D eigenvalue weighted by Crippen LogP contribution is -2.30. The van der Waals surface area contributed by atoms with Gasteiger partial charge in [-0.2, -0.15) is 0 Å². The Morgan fingerprint density at radius 2 is 1.95 bits per heavy atom. The van der Waals surface area contributed by atoms with E-state index in [1.807, 2.05) is 0 Å². The molecule has 3 N–H and O–H groups in total. The molecule has 0 aliphatic heterocycles. The third-order valence-electron chi connectivity index (χ3n) is 2.13. The Balaban J connectivity index is 2.89. The van der Waals surface area contributed by atoms with Gasteiger partial charge in [-0.15, -0.1) is 0 Å². The minimum absolute atomic E-state index is 0.0464. The molecule has 0 fully saturated rings. The fourth-order valence-corrected chi connectivity index (χ4v) is 2.33. The number of anilines is 1. The first kappa shape index (κ1) is 16.0. The van der Waals surface area contributed by atoms with Gasteiger partial charge in [0.05, 0.1) is 0 Å². The van der Waals surface area contributed by atoms with Crippen LogP contribution in [0, 0.1) is 0 Å². The number of hydrogen-bond donors (Lipinski definition) is 3. The lowest BCUT2D eigenvalue weighted by molar-refractivity contribution is -0.134. The van der Waals surface area contributed by atoms with E-state index >= 15 is 0 Å². The molecule has 0 unspecified atom stereocenters. The molecule has 110 valence electrons. The van der Waals surface area contributed by atoms with Crippen LogP contribution in [0.25, 0.3) is 0 Å². The molecule has 0 atom stereocenters. The van der Waals surface area contributed by atoms with E-state index < -0.39 is 21.7 Å². The second-order valence-electron chi connectivity index (χ2n) is 4.46. The lowest BCUT2D eigenvalue weighted by Gasteiger charge is -2.10. The van der Waals surface area contributed by atoms with Crippen LogP contribution >= 0.6 is 0 Å². The summed E-state index contributed by atoms with van der Waals surface area (Å²) < 4.78 is 25.1. The zero-order valence-corrected chi connectivity index (χ0v) is 11.9. The van der Waals surface area contributed by atoms with Crippen LogP contribution in [0.4, 0.5) is 5.69 Å². The second kappa shape index (κ2) is 6.38. The number of benzene rings is 1. The summed E-state index contributed by atoms with van der Waals surface area (Å²) in [5.41, 5.74) is 0.428. The first-order chi connectivity index (χ1) is 9.19. The molecule has 20 heavy (non-hydrogen) atoms. The van der Waals surface area contributed by atoms with E-state index in [-0.39, 0.29) is 23.2 Å². The van der Waals surface area contributed by atoms with Crippen LogP contribution in [0.2, 0.25) is 0 Å². The molecular formula is C12H16N2O5S. The molecule has 0 saturated carbocycles. The maximum atomic E-state index is 11.8. The van der Waals surface area contributed by atoms with Gasteiger partial charge in [-0.3, -0.25) is 14.3 Å². The summed E-state index contributed by atoms with van der Waals surface area (Å²) in [6.07, 6.45) is 0. The Hall–Kier alpha value is -2.09. The van der Waals surface area contributed by atoms with Crippen molar-refractivity contribution in [1.82, 2.24) is 5.32 Å². The molecule has 1 aromatic carbocycles. The smallest absolute Gasteiger partial charge is 0.320 e. The Labute approximate surface area is 117 Å². The molecule has 0 bridgehead atoms. The molecule has 1 amide bonds. The van der Waals surface area contributed by atoms with Gasteiger partial charge in [0.25, 0.3) is 5.91 Å². The van der Waals surface area contributed by atoms with E-state index in [0.717, 1.165) is 0 Å². The number of hydrogen-bond acceptors (Lipinski definition) is 4. The van der Waals surface area contributed by atoms with Gasteiger partial charge >= 0.3 is 5.97 Å². The average molecular weight is 300 g/mol. The van der Waals surface area contributed by atoms with E-state index in [4.69, 9.17) is 5.11 Å². The fourth-order valence-electron chi connectivity index (χ4n) is 1.45. The van der Waals surface area contributed by atoms with Gasteiger partial charge in [-0.25, -0.2) is 8.42 Å². The largest absolute Gasteiger partial charge is 0.480 e. The number of carbonyl (C=O) groups is 2. The van der Waals surface area contributed by atoms with Crippen LogP contribution in [-0.4, -0.2) is 37.2 Å². The first-order valence-corrected chi connectivity index (χ1v) is 7.48. The van der Waals surface area contributed by atoms with E-state index in [2.05, 4.69) is 10.0 Å². The van der Waals surface area contributed by atoms with Crippen molar-refractivity contribution in [1.29, 1.82) is 0 Å². The maximum Gasteiger partial charge on any atom is 0.320 e. The SMILES string of the molecule is CC(C)NC(=O)c1cccc(NS(=O)(=O)CC(=O)O)c1. The molecule has 0 aliphatic carbocycles. The van der Waals surface area contributed by atoms with Crippen LogP contribution in [0.1, 0.15) is 24.2 Å². The third kappa shape index (κ3) is 5.27. The highest BCUT2D eigenvalue weighted by atomic mass is 32.2. The monoisotopic (exact) mass is 300 g/mol. The molecular weight excluding hydrogens is 284 g/mol. The summed E-state index contributed by atoms with van der Waals surface area (Å²) >= 11 is 0. The van der Waals surface area contributed by atoms with Gasteiger partial charge in [0.15, 0.2) is 5.75 Å². The van der Waals surface area contributed by atoms with E-state index in [1.54, 1.807) is 13.8 Å². The van der Waals surface area contributed by atoms with Crippen molar-refractivity contribution >= 4 is 27.6 Å². The minimum Gasteiger partial charge on any atom is -0.480 e. The quantitative estimate of drug-likeness (QED) is 0.714. The van der Waals surface area contributed by atoms with Crippen molar-refractivity contribution < 1.29 is 23.1 Å². The van der Waals surface area contributed by atoms with Gasteiger partial charge in [0.2, 0.25) is 10.0 Å². The molecule has 0 heterocycles. The second-order valence-corrected chi connectivity index (χ2v) is 6.19. The number of carboxylic acids is 1. The number of rotatable bonds is 6. The Kier molecular flexibility index (Phi) is 5.09. The number of nitrogens with one attached hydrogen (secondary N) is 2. The van der Waals surface area contributed by atoms with Gasteiger partial charge in [-0.1, -0.05) is 6.07 Å². The molecule has 1 rings (SSSR count). The summed E-state index contributed by atoms with van der Waals surface area (Å²) in [6.45, 7) is 3.61. The van der Waals surface area contributed by atoms with E-state index in [9.17, 15) is 18.0 Å². The van der Waals surface area contributed by atoms with E-state index in [1.165, 1.54) is 24.3 Å². The van der Waals surface area contributed by atoms with Crippen molar-refractivity contribution in [3.63, 3.8) is 0 Å². The topological polar surface area (TPSA) is 113 Å². The summed E-state index contributed by atoms with van der Waals surface area (Å²) in [6, 6.07) is 5.78. The van der Waals surface area contributed by atoms with Crippen LogP contribution in [0.3, 0.4) is 0 Å². The summed E-state index contributed by atoms with van der Waals surface area (Å²) in [5, 5.41) is 11.2. The predicted molar refractivity (Wildman–Crippen MR) is 74.1 cm³/mol. The van der Waals surface area contributed by atoms with Crippen LogP contribution in [0.5, 0.6) is 0 Å². The minimum atomic E-state index is -3.98. The number of aliphatic carboxylic acids is 1. The molecule has 0 spiro atoms. The number of sulfonamides is 1. The third-order valence-corrected chi connectivity index (χ3v) is 3.31. The van der Waals surface area contributed by atoms with Gasteiger partial charge < -0.3 is 10.4 Å². The van der Waals surface area contributed by atoms with Crippen LogP contribution in [-0.2, 0) is 14.8 Å². The Morgan fingerprint density at radius 3 is 2.50 bits per heavy atom. The first-order valence-electron chi connectivity index (χ1n) is 5.83. The van der Waals surface area contributed by atoms with Crippen molar-refractivity contribution in [2.75, 3.05) is 10.5 Å². The molecule has 7 nitrogen and oxygen atoms in total. The van der Waals surface area contributed by atoms with Crippen molar-refractivity contribution in [2.24, 2.45) is 0 Å². The normalized spacial score (nSPS) is 11.2. The Morgan fingerprint density at radius 1 is 1.30 bits per heavy atom. The molecule has 0 saturated heterocycles. The fraction of sp³-hybridized carbons (Fsp3) is 0.333. The van der Waals surface area contributed by atoms with Crippen molar-refractivity contribution in [3.8, 4) is 0 Å². The zero-order chi connectivity index (χ0) is 15.3. The predicted octanol–water partition coefficient (Wildman–Crippen LogP) is 0.651. The highest BCUT2D eigenvalue weighted by Crippen LogP contribution is 2.12. The van der Waals surface area contributed by atoms with Gasteiger partial charge in [0.1, 0.15) is 0 Å². The standard InChI is InChI=1S/C12H16N2O5S/c1-8(2)13-12(17)9-4-3-5-10(6-9)14-20(18,19)7-11(15)16/h3-6,8,14H,7H2,1-2H3,(H,13,17)(H,15,16). The number of carbonyl (C=O) groups excluding carboxylic acids is 1. The van der Waals surface area contributed by atoms with Crippen molar-refractivity contribution in [3.05, 3.63) is 29.8 Å². The highest BCUT2D eigenvalue weighted by Gasteiger charge is 2.16. The molecule has 8 heteroatoms. The van der Waals surface area contributed by atoms with Gasteiger partial charge in [0, 0.05) is 17.3 Å². The maximum absolute atomic E-state index is 11.8. The average Bonchev–Trinajstić information content (AvgIpc) is 2.25. The van der Waals surface area contributed by atoms with Gasteiger partial charge in [-0.05, 0) is 32.0 Å².